The number of hydrogen-bond acceptors (Lipinski definition) is 4. The van der Waals surface area contributed by atoms with Crippen LogP contribution in [0.4, 0.5) is 5.69 Å². The number of nitrogens with one attached hydrogen (secondary N) is 1. The molecule has 0 saturated heterocycles. The molecule has 1 aromatic rings. The van der Waals surface area contributed by atoms with Crippen LogP contribution in [0.2, 0.25) is 0 Å². The zero-order valence-corrected chi connectivity index (χ0v) is 14.0. The monoisotopic (exact) mass is 304 g/mol. The first-order chi connectivity index (χ1) is 10.6. The number of ether oxygens (including phenoxy) is 1. The van der Waals surface area contributed by atoms with Crippen molar-refractivity contribution in [1.82, 2.24) is 5.32 Å². The maximum absolute atomic E-state index is 12.1. The molecule has 0 radical (unpaired) electrons. The van der Waals surface area contributed by atoms with Crippen LogP contribution in [-0.2, 0) is 4.74 Å². The van der Waals surface area contributed by atoms with Gasteiger partial charge in [0.05, 0.1) is 5.56 Å². The third-order valence-electron chi connectivity index (χ3n) is 4.23. The molecule has 1 unspecified atom stereocenters. The summed E-state index contributed by atoms with van der Waals surface area (Å²) in [6.07, 6.45) is 6.35. The van der Waals surface area contributed by atoms with Crippen LogP contribution in [-0.4, -0.2) is 38.8 Å². The number of esters is 1. The molecule has 2 rings (SSSR count). The maximum atomic E-state index is 12.1. The summed E-state index contributed by atoms with van der Waals surface area (Å²) in [6, 6.07) is 8.09. The van der Waals surface area contributed by atoms with Gasteiger partial charge in [0.25, 0.3) is 0 Å². The lowest BCUT2D eigenvalue weighted by atomic mass is 9.95. The van der Waals surface area contributed by atoms with Gasteiger partial charge in [-0.3, -0.25) is 0 Å². The van der Waals surface area contributed by atoms with Crippen LogP contribution in [0.5, 0.6) is 0 Å². The van der Waals surface area contributed by atoms with E-state index in [4.69, 9.17) is 4.74 Å². The van der Waals surface area contributed by atoms with E-state index in [1.165, 1.54) is 32.1 Å². The number of anilines is 1. The van der Waals surface area contributed by atoms with E-state index in [1.807, 2.05) is 50.2 Å². The third kappa shape index (κ3) is 5.02. The van der Waals surface area contributed by atoms with E-state index in [0.717, 1.165) is 12.2 Å². The summed E-state index contributed by atoms with van der Waals surface area (Å²) in [6.45, 7) is 2.67. The fraction of sp³-hybridized carbons (Fsp3) is 0.611. The fourth-order valence-electron chi connectivity index (χ4n) is 2.83. The summed E-state index contributed by atoms with van der Waals surface area (Å²) in [7, 11) is 3.96. The van der Waals surface area contributed by atoms with E-state index in [9.17, 15) is 4.79 Å². The largest absolute Gasteiger partial charge is 0.458 e. The first kappa shape index (κ1) is 16.8. The number of rotatable bonds is 6. The van der Waals surface area contributed by atoms with E-state index >= 15 is 0 Å². The first-order valence-electron chi connectivity index (χ1n) is 8.28. The Kier molecular flexibility index (Phi) is 6.25. The molecule has 0 amide bonds. The molecule has 122 valence electrons. The van der Waals surface area contributed by atoms with Crippen molar-refractivity contribution in [2.75, 3.05) is 25.5 Å². The highest BCUT2D eigenvalue weighted by Gasteiger charge is 2.16. The molecule has 1 atom stereocenters. The predicted octanol–water partition coefficient (Wildman–Crippen LogP) is 3.22. The summed E-state index contributed by atoms with van der Waals surface area (Å²) in [5, 5.41) is 3.52. The molecular weight excluding hydrogens is 276 g/mol. The maximum Gasteiger partial charge on any atom is 0.338 e. The van der Waals surface area contributed by atoms with Gasteiger partial charge in [0.15, 0.2) is 0 Å². The number of carbonyl (C=O) groups is 1. The summed E-state index contributed by atoms with van der Waals surface area (Å²) in [5.74, 6) is -0.247. The van der Waals surface area contributed by atoms with E-state index in [1.54, 1.807) is 0 Å². The minimum Gasteiger partial charge on any atom is -0.458 e. The number of benzene rings is 1. The molecule has 4 nitrogen and oxygen atoms in total. The van der Waals surface area contributed by atoms with E-state index in [2.05, 4.69) is 5.32 Å². The Morgan fingerprint density at radius 2 is 1.86 bits per heavy atom. The second-order valence-electron chi connectivity index (χ2n) is 6.40. The normalized spacial score (nSPS) is 17.0. The lowest BCUT2D eigenvalue weighted by molar-refractivity contribution is 0.0334. The average molecular weight is 304 g/mol. The van der Waals surface area contributed by atoms with Crippen molar-refractivity contribution in [1.29, 1.82) is 0 Å². The number of nitrogens with zero attached hydrogens (tertiary/aromatic N) is 1. The number of hydrogen-bond donors (Lipinski definition) is 1. The average Bonchev–Trinajstić information content (AvgIpc) is 2.54. The molecule has 1 saturated carbocycles. The second-order valence-corrected chi connectivity index (χ2v) is 6.40. The Morgan fingerprint density at radius 1 is 1.23 bits per heavy atom. The van der Waals surface area contributed by atoms with Gasteiger partial charge in [0, 0.05) is 32.4 Å². The van der Waals surface area contributed by atoms with Gasteiger partial charge < -0.3 is 15.0 Å². The van der Waals surface area contributed by atoms with Crippen LogP contribution in [0.15, 0.2) is 24.3 Å². The lowest BCUT2D eigenvalue weighted by Crippen LogP contribution is -2.37. The molecule has 4 heteroatoms. The molecule has 1 aliphatic rings. The van der Waals surface area contributed by atoms with Crippen LogP contribution >= 0.6 is 0 Å². The van der Waals surface area contributed by atoms with Crippen LogP contribution in [0.3, 0.4) is 0 Å². The zero-order chi connectivity index (χ0) is 15.9. The van der Waals surface area contributed by atoms with Crippen LogP contribution in [0.25, 0.3) is 0 Å². The third-order valence-corrected chi connectivity index (χ3v) is 4.23. The molecule has 0 heterocycles. The van der Waals surface area contributed by atoms with Gasteiger partial charge in [0.1, 0.15) is 6.10 Å². The van der Waals surface area contributed by atoms with Gasteiger partial charge in [0.2, 0.25) is 0 Å². The molecule has 1 fully saturated rings. The molecule has 0 bridgehead atoms. The van der Waals surface area contributed by atoms with Crippen LogP contribution in [0, 0.1) is 0 Å². The number of carbonyl (C=O) groups excluding carboxylic acids is 1. The van der Waals surface area contributed by atoms with Gasteiger partial charge in [-0.25, -0.2) is 4.79 Å². The Labute approximate surface area is 133 Å². The molecule has 22 heavy (non-hydrogen) atoms. The summed E-state index contributed by atoms with van der Waals surface area (Å²) < 4.78 is 5.51. The van der Waals surface area contributed by atoms with E-state index < -0.39 is 0 Å². The van der Waals surface area contributed by atoms with Gasteiger partial charge in [-0.2, -0.15) is 0 Å². The van der Waals surface area contributed by atoms with Gasteiger partial charge in [-0.15, -0.1) is 0 Å². The summed E-state index contributed by atoms with van der Waals surface area (Å²) in [4.78, 5) is 14.1. The first-order valence-corrected chi connectivity index (χ1v) is 8.28. The molecule has 0 aromatic heterocycles. The van der Waals surface area contributed by atoms with Crippen molar-refractivity contribution in [2.24, 2.45) is 0 Å². The molecule has 1 aromatic carbocycles. The smallest absolute Gasteiger partial charge is 0.338 e. The quantitative estimate of drug-likeness (QED) is 0.819. The van der Waals surface area contributed by atoms with Crippen molar-refractivity contribution in [2.45, 2.75) is 51.2 Å². The van der Waals surface area contributed by atoms with Crippen molar-refractivity contribution >= 4 is 11.7 Å². The van der Waals surface area contributed by atoms with Crippen LogP contribution < -0.4 is 10.2 Å². The van der Waals surface area contributed by atoms with Gasteiger partial charge >= 0.3 is 5.97 Å². The highest BCUT2D eigenvalue weighted by atomic mass is 16.5. The van der Waals surface area contributed by atoms with Crippen molar-refractivity contribution in [3.8, 4) is 0 Å². The highest BCUT2D eigenvalue weighted by Crippen LogP contribution is 2.17. The molecule has 0 spiro atoms. The zero-order valence-electron chi connectivity index (χ0n) is 14.0. The molecular formula is C18H28N2O2. The fourth-order valence-corrected chi connectivity index (χ4v) is 2.83. The highest BCUT2D eigenvalue weighted by molar-refractivity contribution is 5.89. The van der Waals surface area contributed by atoms with Crippen molar-refractivity contribution in [3.63, 3.8) is 0 Å². The van der Waals surface area contributed by atoms with Crippen molar-refractivity contribution < 1.29 is 9.53 Å². The standard InChI is InChI=1S/C18H28N2O2/c1-14(13-19-16-7-5-4-6-8-16)22-18(21)15-9-11-17(12-10-15)20(2)3/h9-12,14,16,19H,4-8,13H2,1-3H3. The second kappa shape index (κ2) is 8.18. The Balaban J connectivity index is 1.77. The Morgan fingerprint density at radius 3 is 2.45 bits per heavy atom. The van der Waals surface area contributed by atoms with Crippen molar-refractivity contribution in [3.05, 3.63) is 29.8 Å². The summed E-state index contributed by atoms with van der Waals surface area (Å²) in [5.41, 5.74) is 1.68. The Bertz CT molecular complexity index is 464. The van der Waals surface area contributed by atoms with Gasteiger partial charge in [-0.1, -0.05) is 19.3 Å². The molecule has 1 N–H and O–H groups in total. The lowest BCUT2D eigenvalue weighted by Gasteiger charge is -2.24. The predicted molar refractivity (Wildman–Crippen MR) is 90.5 cm³/mol. The minimum atomic E-state index is -0.247. The van der Waals surface area contributed by atoms with Crippen LogP contribution in [0.1, 0.15) is 49.4 Å². The minimum absolute atomic E-state index is 0.108. The van der Waals surface area contributed by atoms with E-state index in [0.29, 0.717) is 11.6 Å². The topological polar surface area (TPSA) is 41.6 Å². The van der Waals surface area contributed by atoms with Gasteiger partial charge in [-0.05, 0) is 44.0 Å². The van der Waals surface area contributed by atoms with E-state index in [-0.39, 0.29) is 12.1 Å². The Hall–Kier alpha value is -1.55. The molecule has 1 aliphatic carbocycles. The molecule has 0 aliphatic heterocycles. The summed E-state index contributed by atoms with van der Waals surface area (Å²) >= 11 is 0. The SMILES string of the molecule is CC(CNC1CCCCC1)OC(=O)c1ccc(N(C)C)cc1.